The molecule has 1 unspecified atom stereocenters. The number of fused-ring (bicyclic) bond motifs is 3. The van der Waals surface area contributed by atoms with E-state index in [-0.39, 0.29) is 46.4 Å². The quantitative estimate of drug-likeness (QED) is 0.255. The highest BCUT2D eigenvalue weighted by molar-refractivity contribution is 6.25. The molecule has 0 radical (unpaired) electrons. The minimum absolute atomic E-state index is 0.0392. The van der Waals surface area contributed by atoms with E-state index in [0.717, 1.165) is 0 Å². The van der Waals surface area contributed by atoms with Gasteiger partial charge in [-0.05, 0) is 55.5 Å². The lowest BCUT2D eigenvalue weighted by molar-refractivity contribution is -0.154. The zero-order chi connectivity index (χ0) is 30.2. The minimum Gasteiger partial charge on any atom is -0.508 e. The number of aliphatic hydroxyl groups excluding tert-OH is 2. The third-order valence-electron chi connectivity index (χ3n) is 8.37. The highest BCUT2D eigenvalue weighted by Crippen LogP contribution is 2.54. The maximum Gasteiger partial charge on any atom is 0.325 e. The van der Waals surface area contributed by atoms with Gasteiger partial charge in [-0.15, -0.1) is 0 Å². The molecule has 1 amide bonds. The number of carboxylic acid groups (broad SMARTS) is 1. The first-order valence-electron chi connectivity index (χ1n) is 12.9. The van der Waals surface area contributed by atoms with Crippen LogP contribution >= 0.6 is 0 Å². The summed E-state index contributed by atoms with van der Waals surface area (Å²) in [4.78, 5) is 53.4. The Bertz CT molecular complexity index is 1420. The zero-order valence-corrected chi connectivity index (χ0v) is 23.2. The van der Waals surface area contributed by atoms with Crippen molar-refractivity contribution in [1.82, 2.24) is 10.2 Å². The number of carbonyl (C=O) groups is 4. The van der Waals surface area contributed by atoms with E-state index >= 15 is 0 Å². The third-order valence-corrected chi connectivity index (χ3v) is 8.37. The van der Waals surface area contributed by atoms with E-state index in [0.29, 0.717) is 0 Å². The van der Waals surface area contributed by atoms with Gasteiger partial charge in [-0.1, -0.05) is 20.8 Å². The van der Waals surface area contributed by atoms with Crippen molar-refractivity contribution in [3.8, 4) is 5.75 Å². The number of aromatic hydroxyl groups is 1. The summed E-state index contributed by atoms with van der Waals surface area (Å²) in [6.07, 6.45) is -0.132. The molecule has 0 bridgehead atoms. The normalized spacial score (nSPS) is 27.3. The Morgan fingerprint density at radius 2 is 1.77 bits per heavy atom. The Morgan fingerprint density at radius 1 is 1.18 bits per heavy atom. The molecular formula is C28H35N3O9. The van der Waals surface area contributed by atoms with Crippen LogP contribution in [-0.2, 0) is 31.0 Å². The van der Waals surface area contributed by atoms with Gasteiger partial charge >= 0.3 is 5.97 Å². The Labute approximate surface area is 230 Å². The summed E-state index contributed by atoms with van der Waals surface area (Å²) >= 11 is 0. The second-order valence-electron chi connectivity index (χ2n) is 12.0. The van der Waals surface area contributed by atoms with Gasteiger partial charge in [-0.2, -0.15) is 0 Å². The monoisotopic (exact) mass is 557 g/mol. The van der Waals surface area contributed by atoms with Crippen molar-refractivity contribution in [3.05, 3.63) is 45.2 Å². The molecule has 1 aromatic rings. The molecule has 3 aliphatic carbocycles. The van der Waals surface area contributed by atoms with Crippen LogP contribution in [0.3, 0.4) is 0 Å². The SMILES string of the molecule is CNC(=O)C1=C(O)[C@@]2(O)C(=O)C3=C(O)c4c(O)c(C(C)(C)C)cc(C(N)C(=O)O)c4C[C@H]3C[C@H]2[C@H](N(C)C)C1=O. The summed E-state index contributed by atoms with van der Waals surface area (Å²) in [5, 5.41) is 57.7. The molecule has 40 heavy (non-hydrogen) atoms. The van der Waals surface area contributed by atoms with E-state index in [9.17, 15) is 44.7 Å². The number of likely N-dealkylation sites (N-methyl/N-ethyl adjacent to an activating group) is 2. The molecule has 0 spiro atoms. The number of nitrogens with two attached hydrogens (primary N) is 1. The van der Waals surface area contributed by atoms with Crippen molar-refractivity contribution >= 4 is 29.2 Å². The van der Waals surface area contributed by atoms with Crippen LogP contribution in [0.4, 0.5) is 0 Å². The zero-order valence-electron chi connectivity index (χ0n) is 23.2. The van der Waals surface area contributed by atoms with Crippen LogP contribution in [-0.4, -0.2) is 86.7 Å². The number of hydrogen-bond acceptors (Lipinski definition) is 10. The fraction of sp³-hybridized carbons (Fsp3) is 0.500. The van der Waals surface area contributed by atoms with Gasteiger partial charge in [0.15, 0.2) is 11.4 Å². The number of ketones is 2. The maximum atomic E-state index is 14.1. The molecule has 1 saturated carbocycles. The number of nitrogens with one attached hydrogen (secondary N) is 1. The molecule has 5 atom stereocenters. The summed E-state index contributed by atoms with van der Waals surface area (Å²) < 4.78 is 0. The van der Waals surface area contributed by atoms with Gasteiger partial charge in [0, 0.05) is 24.1 Å². The van der Waals surface area contributed by atoms with Crippen molar-refractivity contribution in [2.75, 3.05) is 21.1 Å². The smallest absolute Gasteiger partial charge is 0.325 e. The first-order valence-corrected chi connectivity index (χ1v) is 12.9. The van der Waals surface area contributed by atoms with Gasteiger partial charge < -0.3 is 36.6 Å². The number of hydrogen-bond donors (Lipinski definition) is 7. The predicted octanol–water partition coefficient (Wildman–Crippen LogP) is 0.607. The van der Waals surface area contributed by atoms with Crippen LogP contribution in [0, 0.1) is 11.8 Å². The first-order chi connectivity index (χ1) is 18.4. The summed E-state index contributed by atoms with van der Waals surface area (Å²) in [6.45, 7) is 5.30. The Balaban J connectivity index is 2.05. The number of rotatable bonds is 4. The molecule has 1 fully saturated rings. The first kappa shape index (κ1) is 29.2. The van der Waals surface area contributed by atoms with Crippen LogP contribution < -0.4 is 11.1 Å². The molecule has 12 heteroatoms. The van der Waals surface area contributed by atoms with Crippen molar-refractivity contribution < 1.29 is 44.7 Å². The Kier molecular flexibility index (Phi) is 6.89. The van der Waals surface area contributed by atoms with E-state index in [1.54, 1.807) is 20.8 Å². The highest BCUT2D eigenvalue weighted by Gasteiger charge is 2.64. The lowest BCUT2D eigenvalue weighted by Crippen LogP contribution is -2.65. The molecule has 0 saturated heterocycles. The molecule has 12 nitrogen and oxygen atoms in total. The van der Waals surface area contributed by atoms with Gasteiger partial charge in [-0.3, -0.25) is 24.1 Å². The molecule has 1 aromatic carbocycles. The van der Waals surface area contributed by atoms with Gasteiger partial charge in [-0.25, -0.2) is 0 Å². The molecule has 0 heterocycles. The van der Waals surface area contributed by atoms with Crippen LogP contribution in [0.2, 0.25) is 0 Å². The van der Waals surface area contributed by atoms with Crippen molar-refractivity contribution in [2.45, 2.75) is 56.7 Å². The maximum absolute atomic E-state index is 14.1. The van der Waals surface area contributed by atoms with Crippen LogP contribution in [0.1, 0.15) is 55.5 Å². The van der Waals surface area contributed by atoms with Crippen LogP contribution in [0.5, 0.6) is 5.75 Å². The fourth-order valence-corrected chi connectivity index (χ4v) is 6.43. The van der Waals surface area contributed by atoms with E-state index in [1.165, 1.54) is 32.1 Å². The lowest BCUT2D eigenvalue weighted by Gasteiger charge is -2.50. The number of carboxylic acids is 1. The van der Waals surface area contributed by atoms with Crippen LogP contribution in [0.25, 0.3) is 5.76 Å². The third kappa shape index (κ3) is 3.93. The number of aliphatic carboxylic acids is 1. The summed E-state index contributed by atoms with van der Waals surface area (Å²) in [5.74, 6) is -8.40. The number of carbonyl (C=O) groups excluding carboxylic acids is 3. The largest absolute Gasteiger partial charge is 0.508 e. The molecule has 3 aliphatic rings. The van der Waals surface area contributed by atoms with Crippen molar-refractivity contribution in [2.24, 2.45) is 17.6 Å². The molecule has 0 aromatic heterocycles. The number of aliphatic hydroxyl groups is 3. The fourth-order valence-electron chi connectivity index (χ4n) is 6.43. The summed E-state index contributed by atoms with van der Waals surface area (Å²) in [7, 11) is 4.30. The van der Waals surface area contributed by atoms with Gasteiger partial charge in [0.05, 0.1) is 11.6 Å². The number of phenolic OH excluding ortho intramolecular Hbond substituents is 1. The van der Waals surface area contributed by atoms with Crippen molar-refractivity contribution in [1.29, 1.82) is 0 Å². The predicted molar refractivity (Wildman–Crippen MR) is 142 cm³/mol. The van der Waals surface area contributed by atoms with Crippen molar-refractivity contribution in [3.63, 3.8) is 0 Å². The van der Waals surface area contributed by atoms with Gasteiger partial charge in [0.1, 0.15) is 28.9 Å². The second kappa shape index (κ2) is 9.43. The van der Waals surface area contributed by atoms with E-state index in [1.807, 2.05) is 0 Å². The second-order valence-corrected chi connectivity index (χ2v) is 12.0. The Hall–Kier alpha value is -3.74. The lowest BCUT2D eigenvalue weighted by atomic mass is 9.57. The van der Waals surface area contributed by atoms with Gasteiger partial charge in [0.25, 0.3) is 5.91 Å². The number of benzene rings is 1. The summed E-state index contributed by atoms with van der Waals surface area (Å²) in [5.41, 5.74) is 2.03. The van der Waals surface area contributed by atoms with E-state index < -0.39 is 75.5 Å². The standard InChI is InChI=1S/C28H35N3O9/c1-27(2,3)14-9-12(18(29)26(38)39)11-7-10-8-13-19(31(5)6)22(34)17(25(37)30-4)24(36)28(13,40)23(35)15(10)21(33)16(11)20(14)32/h9-10,13,18-19,32-33,36,40H,7-8,29H2,1-6H3,(H,30,37)(H,38,39)/t10-,13-,18?,19-,28-/m0/s1. The Morgan fingerprint density at radius 3 is 2.27 bits per heavy atom. The molecular weight excluding hydrogens is 522 g/mol. The molecule has 8 N–H and O–H groups in total. The number of nitrogens with zero attached hydrogens (tertiary/aromatic N) is 1. The number of amides is 1. The highest BCUT2D eigenvalue weighted by atomic mass is 16.4. The number of Topliss-reactive ketones (excluding diaryl/α,β-unsaturated/α-hetero) is 2. The van der Waals surface area contributed by atoms with Gasteiger partial charge in [0.2, 0.25) is 5.78 Å². The molecule has 4 rings (SSSR count). The average molecular weight is 558 g/mol. The minimum atomic E-state index is -2.72. The van der Waals surface area contributed by atoms with E-state index in [2.05, 4.69) is 5.32 Å². The average Bonchev–Trinajstić information content (AvgIpc) is 2.84. The van der Waals surface area contributed by atoms with Crippen LogP contribution in [0.15, 0.2) is 23.0 Å². The molecule has 216 valence electrons. The van der Waals surface area contributed by atoms with E-state index in [4.69, 9.17) is 5.73 Å². The number of phenols is 1. The summed E-state index contributed by atoms with van der Waals surface area (Å²) in [6, 6.07) is -1.20. The topological polar surface area (TPSA) is 211 Å². The molecule has 0 aliphatic heterocycles.